The minimum atomic E-state index is 0.613. The first-order chi connectivity index (χ1) is 12.3. The number of aromatic nitrogens is 1. The van der Waals surface area contributed by atoms with Crippen LogP contribution in [0.2, 0.25) is 5.02 Å². The molecular formula is C22H13ClN2. The number of hydrogen-bond donors (Lipinski definition) is 0. The molecule has 118 valence electrons. The molecule has 2 nitrogen and oxygen atoms in total. The molecule has 1 aromatic heterocycles. The molecule has 0 amide bonds. The van der Waals surface area contributed by atoms with Crippen molar-refractivity contribution in [2.45, 2.75) is 0 Å². The molecule has 0 spiro atoms. The standard InChI is InChI=1S/C22H13ClN2/c23-17-10-11-21-20(12-17)19(15-6-2-1-3-7-15)13-22(25-21)18-9-5-4-8-16(18)14-24/h1-13H. The molecule has 0 N–H and O–H groups in total. The average Bonchev–Trinajstić information content (AvgIpc) is 2.68. The molecule has 0 fully saturated rings. The van der Waals surface area contributed by atoms with E-state index in [1.165, 1.54) is 0 Å². The summed E-state index contributed by atoms with van der Waals surface area (Å²) in [6.07, 6.45) is 0. The van der Waals surface area contributed by atoms with Crippen LogP contribution in [-0.2, 0) is 0 Å². The van der Waals surface area contributed by atoms with Gasteiger partial charge in [-0.05, 0) is 41.5 Å². The van der Waals surface area contributed by atoms with E-state index in [0.717, 1.165) is 33.3 Å². The van der Waals surface area contributed by atoms with Crippen molar-refractivity contribution in [2.75, 3.05) is 0 Å². The van der Waals surface area contributed by atoms with E-state index in [-0.39, 0.29) is 0 Å². The van der Waals surface area contributed by atoms with Gasteiger partial charge in [0.2, 0.25) is 0 Å². The lowest BCUT2D eigenvalue weighted by atomic mass is 9.97. The lowest BCUT2D eigenvalue weighted by molar-refractivity contribution is 1.38. The Hall–Kier alpha value is -3.15. The van der Waals surface area contributed by atoms with E-state index in [1.54, 1.807) is 0 Å². The molecule has 25 heavy (non-hydrogen) atoms. The number of pyridine rings is 1. The Bertz CT molecular complexity index is 1110. The van der Waals surface area contributed by atoms with Crippen molar-refractivity contribution in [3.63, 3.8) is 0 Å². The van der Waals surface area contributed by atoms with Crippen LogP contribution in [-0.4, -0.2) is 4.98 Å². The van der Waals surface area contributed by atoms with Gasteiger partial charge in [0.1, 0.15) is 0 Å². The van der Waals surface area contributed by atoms with Gasteiger partial charge in [-0.2, -0.15) is 5.26 Å². The van der Waals surface area contributed by atoms with Crippen molar-refractivity contribution in [2.24, 2.45) is 0 Å². The van der Waals surface area contributed by atoms with Gasteiger partial charge in [0.05, 0.1) is 22.8 Å². The largest absolute Gasteiger partial charge is 0.248 e. The van der Waals surface area contributed by atoms with Crippen LogP contribution in [0.1, 0.15) is 5.56 Å². The predicted molar refractivity (Wildman–Crippen MR) is 102 cm³/mol. The summed E-state index contributed by atoms with van der Waals surface area (Å²) in [4.78, 5) is 4.77. The van der Waals surface area contributed by atoms with Crippen LogP contribution in [0.25, 0.3) is 33.3 Å². The molecular weight excluding hydrogens is 328 g/mol. The van der Waals surface area contributed by atoms with Crippen molar-refractivity contribution in [1.29, 1.82) is 5.26 Å². The van der Waals surface area contributed by atoms with Gasteiger partial charge in [0.15, 0.2) is 0 Å². The van der Waals surface area contributed by atoms with Crippen molar-refractivity contribution in [3.05, 3.63) is 89.4 Å². The monoisotopic (exact) mass is 340 g/mol. The Labute approximate surface area is 151 Å². The molecule has 0 aliphatic carbocycles. The van der Waals surface area contributed by atoms with E-state index >= 15 is 0 Å². The summed E-state index contributed by atoms with van der Waals surface area (Å²) in [7, 11) is 0. The number of nitrogens with zero attached hydrogens (tertiary/aromatic N) is 2. The molecule has 0 saturated carbocycles. The fourth-order valence-electron chi connectivity index (χ4n) is 3.00. The molecule has 4 rings (SSSR count). The van der Waals surface area contributed by atoms with E-state index in [1.807, 2.05) is 66.7 Å². The highest BCUT2D eigenvalue weighted by Crippen LogP contribution is 2.34. The van der Waals surface area contributed by atoms with Crippen molar-refractivity contribution < 1.29 is 0 Å². The van der Waals surface area contributed by atoms with Gasteiger partial charge >= 0.3 is 0 Å². The van der Waals surface area contributed by atoms with Crippen molar-refractivity contribution >= 4 is 22.5 Å². The number of hydrogen-bond acceptors (Lipinski definition) is 2. The van der Waals surface area contributed by atoms with E-state index in [9.17, 15) is 5.26 Å². The van der Waals surface area contributed by atoms with Crippen LogP contribution in [0.5, 0.6) is 0 Å². The quantitative estimate of drug-likeness (QED) is 0.442. The van der Waals surface area contributed by atoms with Crippen LogP contribution in [0, 0.1) is 11.3 Å². The minimum Gasteiger partial charge on any atom is -0.248 e. The highest BCUT2D eigenvalue weighted by Gasteiger charge is 2.12. The van der Waals surface area contributed by atoms with Crippen LogP contribution < -0.4 is 0 Å². The summed E-state index contributed by atoms with van der Waals surface area (Å²) in [5, 5.41) is 11.1. The van der Waals surface area contributed by atoms with E-state index < -0.39 is 0 Å². The summed E-state index contributed by atoms with van der Waals surface area (Å²) in [5.41, 5.74) is 5.23. The van der Waals surface area contributed by atoms with E-state index in [4.69, 9.17) is 16.6 Å². The molecule has 0 unspecified atom stereocenters. The third-order valence-corrected chi connectivity index (χ3v) is 4.41. The van der Waals surface area contributed by atoms with Gasteiger partial charge in [-0.15, -0.1) is 0 Å². The first kappa shape index (κ1) is 15.4. The Balaban J connectivity index is 2.06. The lowest BCUT2D eigenvalue weighted by Gasteiger charge is -2.11. The number of nitriles is 1. The number of benzene rings is 3. The third-order valence-electron chi connectivity index (χ3n) is 4.18. The molecule has 0 radical (unpaired) electrons. The van der Waals surface area contributed by atoms with Crippen LogP contribution in [0.3, 0.4) is 0 Å². The maximum atomic E-state index is 9.42. The zero-order chi connectivity index (χ0) is 17.2. The average molecular weight is 341 g/mol. The maximum Gasteiger partial charge on any atom is 0.0998 e. The maximum absolute atomic E-state index is 9.42. The Morgan fingerprint density at radius 1 is 0.800 bits per heavy atom. The smallest absolute Gasteiger partial charge is 0.0998 e. The SMILES string of the molecule is N#Cc1ccccc1-c1cc(-c2ccccc2)c2cc(Cl)ccc2n1. The molecule has 0 aliphatic heterocycles. The molecule has 3 heteroatoms. The molecule has 3 aromatic carbocycles. The third kappa shape index (κ3) is 2.87. The minimum absolute atomic E-state index is 0.613. The van der Waals surface area contributed by atoms with E-state index in [0.29, 0.717) is 10.6 Å². The fourth-order valence-corrected chi connectivity index (χ4v) is 3.17. The lowest BCUT2D eigenvalue weighted by Crippen LogP contribution is -1.92. The van der Waals surface area contributed by atoms with Crippen molar-refractivity contribution in [1.82, 2.24) is 4.98 Å². The number of halogens is 1. The summed E-state index contributed by atoms with van der Waals surface area (Å²) in [5.74, 6) is 0. The first-order valence-corrected chi connectivity index (χ1v) is 8.29. The second kappa shape index (κ2) is 6.39. The topological polar surface area (TPSA) is 36.7 Å². The first-order valence-electron chi connectivity index (χ1n) is 7.91. The van der Waals surface area contributed by atoms with Gasteiger partial charge < -0.3 is 0 Å². The Kier molecular flexibility index (Phi) is 3.93. The van der Waals surface area contributed by atoms with Gasteiger partial charge in [-0.1, -0.05) is 60.1 Å². The molecule has 0 bridgehead atoms. The summed E-state index contributed by atoms with van der Waals surface area (Å²) >= 11 is 6.21. The van der Waals surface area contributed by atoms with Crippen molar-refractivity contribution in [3.8, 4) is 28.5 Å². The molecule has 4 aromatic rings. The Morgan fingerprint density at radius 3 is 2.36 bits per heavy atom. The summed E-state index contributed by atoms with van der Waals surface area (Å²) < 4.78 is 0. The van der Waals surface area contributed by atoms with Crippen LogP contribution in [0.15, 0.2) is 78.9 Å². The molecule has 0 aliphatic rings. The normalized spacial score (nSPS) is 10.6. The van der Waals surface area contributed by atoms with Gasteiger partial charge in [-0.3, -0.25) is 0 Å². The highest BCUT2D eigenvalue weighted by atomic mass is 35.5. The highest BCUT2D eigenvalue weighted by molar-refractivity contribution is 6.31. The molecule has 0 saturated heterocycles. The number of fused-ring (bicyclic) bond motifs is 1. The molecule has 1 heterocycles. The van der Waals surface area contributed by atoms with E-state index in [2.05, 4.69) is 18.2 Å². The number of rotatable bonds is 2. The fraction of sp³-hybridized carbons (Fsp3) is 0. The van der Waals surface area contributed by atoms with Crippen LogP contribution >= 0.6 is 11.6 Å². The van der Waals surface area contributed by atoms with Crippen LogP contribution in [0.4, 0.5) is 0 Å². The second-order valence-corrected chi connectivity index (χ2v) is 6.18. The molecule has 0 atom stereocenters. The zero-order valence-corrected chi connectivity index (χ0v) is 14.0. The predicted octanol–water partition coefficient (Wildman–Crippen LogP) is 6.09. The van der Waals surface area contributed by atoms with Gasteiger partial charge in [-0.25, -0.2) is 4.98 Å². The second-order valence-electron chi connectivity index (χ2n) is 5.74. The summed E-state index contributed by atoms with van der Waals surface area (Å²) in [6.45, 7) is 0. The van der Waals surface area contributed by atoms with Gasteiger partial charge in [0, 0.05) is 16.0 Å². The summed E-state index contributed by atoms with van der Waals surface area (Å²) in [6, 6.07) is 27.6. The zero-order valence-electron chi connectivity index (χ0n) is 13.3. The Morgan fingerprint density at radius 2 is 1.56 bits per heavy atom. The van der Waals surface area contributed by atoms with Gasteiger partial charge in [0.25, 0.3) is 0 Å².